The van der Waals surface area contributed by atoms with Crippen LogP contribution in [0.5, 0.6) is 0 Å². The number of rotatable bonds is 5. The van der Waals surface area contributed by atoms with Gasteiger partial charge < -0.3 is 5.32 Å². The summed E-state index contributed by atoms with van der Waals surface area (Å²) in [4.78, 5) is 13.6. The van der Waals surface area contributed by atoms with Crippen LogP contribution in [0.3, 0.4) is 0 Å². The van der Waals surface area contributed by atoms with Crippen LogP contribution >= 0.6 is 27.7 Å². The number of carbonyl (C=O) groups excluding carboxylic acids is 1. The molecule has 0 unspecified atom stereocenters. The topological polar surface area (TPSA) is 46.9 Å². The van der Waals surface area contributed by atoms with Crippen molar-refractivity contribution in [2.75, 3.05) is 11.1 Å². The van der Waals surface area contributed by atoms with Gasteiger partial charge in [-0.1, -0.05) is 45.8 Å². The molecule has 0 spiro atoms. The van der Waals surface area contributed by atoms with Crippen molar-refractivity contribution in [2.24, 2.45) is 7.05 Å². The molecule has 0 radical (unpaired) electrons. The number of anilines is 1. The number of hydrogen-bond acceptors (Lipinski definition) is 3. The minimum Gasteiger partial charge on any atom is -0.310 e. The third kappa shape index (κ3) is 4.37. The Morgan fingerprint density at radius 3 is 2.42 bits per heavy atom. The van der Waals surface area contributed by atoms with Gasteiger partial charge in [-0.15, -0.1) is 11.8 Å². The first-order valence-electron chi connectivity index (χ1n) is 8.23. The minimum atomic E-state index is -0.0445. The van der Waals surface area contributed by atoms with E-state index in [-0.39, 0.29) is 5.91 Å². The molecule has 0 aliphatic heterocycles. The number of benzene rings is 2. The fourth-order valence-electron chi connectivity index (χ4n) is 2.72. The van der Waals surface area contributed by atoms with Gasteiger partial charge in [-0.3, -0.25) is 9.48 Å². The van der Waals surface area contributed by atoms with Crippen LogP contribution in [0.1, 0.15) is 11.3 Å². The Bertz CT molecular complexity index is 917. The van der Waals surface area contributed by atoms with E-state index in [0.29, 0.717) is 5.75 Å². The molecule has 0 bridgehead atoms. The zero-order valence-electron chi connectivity index (χ0n) is 14.9. The number of nitrogens with one attached hydrogen (secondary N) is 1. The highest BCUT2D eigenvalue weighted by Crippen LogP contribution is 2.32. The highest BCUT2D eigenvalue weighted by Gasteiger charge is 2.17. The highest BCUT2D eigenvalue weighted by molar-refractivity contribution is 9.10. The first-order chi connectivity index (χ1) is 12.4. The maximum atomic E-state index is 12.5. The van der Waals surface area contributed by atoms with E-state index in [1.807, 2.05) is 50.4 Å². The predicted octanol–water partition coefficient (Wildman–Crippen LogP) is 5.20. The zero-order chi connectivity index (χ0) is 18.7. The molecule has 1 N–H and O–H groups in total. The number of hydrogen-bond donors (Lipinski definition) is 1. The maximum Gasteiger partial charge on any atom is 0.235 e. The molecule has 1 amide bonds. The lowest BCUT2D eigenvalue weighted by Gasteiger charge is -2.09. The number of carbonyl (C=O) groups is 1. The van der Waals surface area contributed by atoms with Crippen molar-refractivity contribution < 1.29 is 4.79 Å². The lowest BCUT2D eigenvalue weighted by molar-refractivity contribution is -0.113. The van der Waals surface area contributed by atoms with Crippen LogP contribution < -0.4 is 5.32 Å². The molecule has 0 saturated heterocycles. The summed E-state index contributed by atoms with van der Waals surface area (Å²) in [5.74, 6) is 1.03. The van der Waals surface area contributed by atoms with Crippen molar-refractivity contribution in [1.82, 2.24) is 9.78 Å². The number of aryl methyl sites for hydroxylation is 3. The summed E-state index contributed by atoms with van der Waals surface area (Å²) in [7, 11) is 1.85. The summed E-state index contributed by atoms with van der Waals surface area (Å²) in [6.45, 7) is 4.00. The van der Waals surface area contributed by atoms with Crippen molar-refractivity contribution >= 4 is 39.4 Å². The number of halogens is 1. The van der Waals surface area contributed by atoms with E-state index in [0.717, 1.165) is 32.0 Å². The summed E-state index contributed by atoms with van der Waals surface area (Å²) in [6, 6.07) is 16.2. The molecule has 26 heavy (non-hydrogen) atoms. The van der Waals surface area contributed by atoms with Crippen LogP contribution in [0.25, 0.3) is 11.1 Å². The van der Waals surface area contributed by atoms with E-state index in [4.69, 9.17) is 0 Å². The maximum absolute atomic E-state index is 12.5. The fourth-order valence-corrected chi connectivity index (χ4v) is 3.68. The van der Waals surface area contributed by atoms with E-state index in [1.54, 1.807) is 4.68 Å². The molecule has 3 rings (SSSR count). The number of nitrogens with zero attached hydrogens (tertiary/aromatic N) is 2. The highest BCUT2D eigenvalue weighted by atomic mass is 79.9. The lowest BCUT2D eigenvalue weighted by atomic mass is 10.1. The van der Waals surface area contributed by atoms with Gasteiger partial charge in [-0.25, -0.2) is 0 Å². The zero-order valence-corrected chi connectivity index (χ0v) is 17.3. The van der Waals surface area contributed by atoms with E-state index < -0.39 is 0 Å². The molecule has 0 aliphatic carbocycles. The second-order valence-corrected chi connectivity index (χ2v) is 8.05. The van der Waals surface area contributed by atoms with E-state index in [1.165, 1.54) is 17.3 Å². The molecule has 3 aromatic rings. The fraction of sp³-hybridized carbons (Fsp3) is 0.200. The van der Waals surface area contributed by atoms with Crippen molar-refractivity contribution in [3.63, 3.8) is 0 Å². The van der Waals surface area contributed by atoms with Gasteiger partial charge in [0, 0.05) is 22.0 Å². The van der Waals surface area contributed by atoms with Crippen molar-refractivity contribution in [2.45, 2.75) is 18.7 Å². The monoisotopic (exact) mass is 429 g/mol. The number of aromatic nitrogens is 2. The van der Waals surface area contributed by atoms with Crippen LogP contribution in [-0.2, 0) is 11.8 Å². The smallest absolute Gasteiger partial charge is 0.235 e. The molecular weight excluding hydrogens is 410 g/mol. The predicted molar refractivity (Wildman–Crippen MR) is 112 cm³/mol. The summed E-state index contributed by atoms with van der Waals surface area (Å²) in [5, 5.41) is 7.50. The molecule has 134 valence electrons. The third-order valence-corrected chi connectivity index (χ3v) is 5.54. The van der Waals surface area contributed by atoms with Gasteiger partial charge in [-0.2, -0.15) is 5.10 Å². The molecule has 0 aliphatic rings. The summed E-state index contributed by atoms with van der Waals surface area (Å²) < 4.78 is 2.74. The van der Waals surface area contributed by atoms with Crippen molar-refractivity contribution in [3.05, 3.63) is 64.3 Å². The lowest BCUT2D eigenvalue weighted by Crippen LogP contribution is -2.17. The SMILES string of the molecule is Cc1ccc(SCC(=O)Nc2c(-c3ccc(Br)cc3)c(C)nn2C)cc1. The van der Waals surface area contributed by atoms with Crippen LogP contribution in [0.2, 0.25) is 0 Å². The Kier molecular flexibility index (Phi) is 5.84. The quantitative estimate of drug-likeness (QED) is 0.567. The van der Waals surface area contributed by atoms with Gasteiger partial charge in [0.25, 0.3) is 0 Å². The van der Waals surface area contributed by atoms with Crippen molar-refractivity contribution in [1.29, 1.82) is 0 Å². The van der Waals surface area contributed by atoms with Gasteiger partial charge in [-0.05, 0) is 43.7 Å². The Hall–Kier alpha value is -2.05. The third-order valence-electron chi connectivity index (χ3n) is 4.00. The minimum absolute atomic E-state index is 0.0445. The first kappa shape index (κ1) is 18.7. The molecule has 0 fully saturated rings. The summed E-state index contributed by atoms with van der Waals surface area (Å²) in [5.41, 5.74) is 4.08. The largest absolute Gasteiger partial charge is 0.310 e. The van der Waals surface area contributed by atoms with Gasteiger partial charge >= 0.3 is 0 Å². The standard InChI is InChI=1S/C20H20BrN3OS/c1-13-4-10-17(11-5-13)26-12-18(25)22-20-19(14(2)23-24(20)3)15-6-8-16(21)9-7-15/h4-11H,12H2,1-3H3,(H,22,25). The van der Waals surface area contributed by atoms with Crippen LogP contribution in [-0.4, -0.2) is 21.4 Å². The van der Waals surface area contributed by atoms with Gasteiger partial charge in [0.2, 0.25) is 5.91 Å². The number of thioether (sulfide) groups is 1. The molecule has 2 aromatic carbocycles. The van der Waals surface area contributed by atoms with Crippen LogP contribution in [0, 0.1) is 13.8 Å². The second-order valence-electron chi connectivity index (χ2n) is 6.09. The van der Waals surface area contributed by atoms with Crippen molar-refractivity contribution in [3.8, 4) is 11.1 Å². The summed E-state index contributed by atoms with van der Waals surface area (Å²) in [6.07, 6.45) is 0. The molecule has 0 saturated carbocycles. The molecule has 6 heteroatoms. The summed E-state index contributed by atoms with van der Waals surface area (Å²) >= 11 is 4.98. The van der Waals surface area contributed by atoms with E-state index >= 15 is 0 Å². The Morgan fingerprint density at radius 2 is 1.77 bits per heavy atom. The molecule has 1 heterocycles. The van der Waals surface area contributed by atoms with Crippen LogP contribution in [0.4, 0.5) is 5.82 Å². The van der Waals surface area contributed by atoms with E-state index in [2.05, 4.69) is 45.4 Å². The number of amides is 1. The average molecular weight is 430 g/mol. The molecule has 1 aromatic heterocycles. The van der Waals surface area contributed by atoms with Gasteiger partial charge in [0.15, 0.2) is 0 Å². The molecule has 0 atom stereocenters. The second kappa shape index (κ2) is 8.10. The van der Waals surface area contributed by atoms with E-state index in [9.17, 15) is 4.79 Å². The first-order valence-corrected chi connectivity index (χ1v) is 10.0. The van der Waals surface area contributed by atoms with Gasteiger partial charge in [0.05, 0.1) is 11.4 Å². The average Bonchev–Trinajstić information content (AvgIpc) is 2.89. The molecule has 4 nitrogen and oxygen atoms in total. The van der Waals surface area contributed by atoms with Gasteiger partial charge in [0.1, 0.15) is 5.82 Å². The normalized spacial score (nSPS) is 10.8. The molecular formula is C20H20BrN3OS. The van der Waals surface area contributed by atoms with Crippen LogP contribution in [0.15, 0.2) is 57.9 Å². The Balaban J connectivity index is 1.75. The Labute approximate surface area is 166 Å². The Morgan fingerprint density at radius 1 is 1.12 bits per heavy atom.